The van der Waals surface area contributed by atoms with Crippen molar-refractivity contribution in [2.75, 3.05) is 9.80 Å². The Bertz CT molecular complexity index is 6090. The Morgan fingerprint density at radius 2 is 0.559 bits per heavy atom. The molecule has 0 N–H and O–H groups in total. The number of hydrogen-bond donors (Lipinski definition) is 0. The van der Waals surface area contributed by atoms with E-state index in [4.69, 9.17) is 0 Å². The van der Waals surface area contributed by atoms with Crippen LogP contribution in [0.15, 0.2) is 437 Å². The number of anilines is 6. The highest BCUT2D eigenvalue weighted by Gasteiger charge is 2.50. The first kappa shape index (κ1) is 68.4. The van der Waals surface area contributed by atoms with E-state index < -0.39 is 16.1 Å². The molecule has 2 aliphatic rings. The molecule has 0 saturated heterocycles. The summed E-state index contributed by atoms with van der Waals surface area (Å²) in [5, 5.41) is 10.4. The molecule has 0 unspecified atom stereocenters. The minimum absolute atomic E-state index is 0.222. The molecule has 2 heterocycles. The van der Waals surface area contributed by atoms with E-state index in [-0.39, 0.29) is 12.1 Å². The maximum absolute atomic E-state index is 3.54. The smallest absolute Gasteiger partial charge is 0.252 e. The third-order valence-corrected chi connectivity index (χ3v) is 32.7. The molecule has 17 aromatic rings. The van der Waals surface area contributed by atoms with Crippen LogP contribution in [0.3, 0.4) is 0 Å². The van der Waals surface area contributed by atoms with Gasteiger partial charge in [0.2, 0.25) is 0 Å². The predicted octanol–water partition coefficient (Wildman–Crippen LogP) is 19.8. The van der Waals surface area contributed by atoms with Gasteiger partial charge in [-0.3, -0.25) is 0 Å². The van der Waals surface area contributed by atoms with Gasteiger partial charge in [0.25, 0.3) is 6.71 Å². The van der Waals surface area contributed by atoms with Gasteiger partial charge in [-0.1, -0.05) is 403 Å². The molecule has 2 aliphatic heterocycles. The van der Waals surface area contributed by atoms with E-state index in [0.29, 0.717) is 0 Å². The van der Waals surface area contributed by atoms with Crippen molar-refractivity contribution < 1.29 is 0 Å². The van der Waals surface area contributed by atoms with Gasteiger partial charge in [0.05, 0.1) is 5.69 Å². The van der Waals surface area contributed by atoms with E-state index in [9.17, 15) is 0 Å². The van der Waals surface area contributed by atoms with Crippen molar-refractivity contribution in [3.63, 3.8) is 0 Å². The van der Waals surface area contributed by atoms with E-state index in [2.05, 4.69) is 467 Å². The summed E-state index contributed by atoms with van der Waals surface area (Å²) in [4.78, 5) is 5.43. The fourth-order valence-corrected chi connectivity index (χ4v) is 27.7. The normalized spacial score (nSPS) is 12.4. The third kappa shape index (κ3) is 12.1. The number of benzene rings is 17. The number of fused-ring (bicyclic) bond motifs is 4. The van der Waals surface area contributed by atoms with Crippen LogP contribution in [-0.4, -0.2) is 22.9 Å². The van der Waals surface area contributed by atoms with Crippen LogP contribution in [-0.2, 0) is 5.41 Å². The van der Waals surface area contributed by atoms with Crippen LogP contribution >= 0.6 is 0 Å². The summed E-state index contributed by atoms with van der Waals surface area (Å²) in [6, 6.07) is 167. The van der Waals surface area contributed by atoms with Crippen LogP contribution in [0.2, 0.25) is 0 Å². The molecule has 0 saturated carbocycles. The average Bonchev–Trinajstić information content (AvgIpc) is 0.683. The fourth-order valence-electron chi connectivity index (χ4n) is 18.1. The lowest BCUT2D eigenvalue weighted by Crippen LogP contribution is -2.76. The molecule has 0 bridgehead atoms. The van der Waals surface area contributed by atoms with Gasteiger partial charge in [-0.15, -0.1) is 0 Å². The zero-order chi connectivity index (χ0) is 74.5. The maximum atomic E-state index is 2.72. The standard InChI is InChI=1S/C106H81BN2Si2/c1-106(2,3)87-61-63-98-102(72-87)108(88-67-85(79-42-20-7-21-43-79)66-86(68-88)80-44-22-8-23-45-80)103-74-96(111(91-54-30-12-31-55-91,92-56-32-13-33-57-92)94-59-35-49-83(70-94)77-38-16-5-17-39-77)75-104-105(103)107(98)99-73-95(62-65-101(99)109(104)100-64-60-84(78-40-18-6-19-41-78)71-97(100)81-46-24-9-25-47-81)110(89-50-26-10-27-51-89,90-52-28-11-29-53-90)93-58-34-48-82(69-93)76-36-14-4-15-37-76/h4-75H,1-3H3. The Balaban J connectivity index is 1.01. The molecule has 0 aliphatic carbocycles. The summed E-state index contributed by atoms with van der Waals surface area (Å²) < 4.78 is 0. The molecular weight excluding hydrogens is 1370 g/mol. The van der Waals surface area contributed by atoms with Crippen LogP contribution < -0.4 is 67.7 Å². The van der Waals surface area contributed by atoms with E-state index in [1.807, 2.05) is 0 Å². The summed E-state index contributed by atoms with van der Waals surface area (Å²) in [5.41, 5.74) is 25.5. The van der Waals surface area contributed by atoms with Crippen molar-refractivity contribution in [3.05, 3.63) is 442 Å². The minimum Gasteiger partial charge on any atom is -0.311 e. The lowest BCUT2D eigenvalue weighted by Gasteiger charge is -2.47. The Morgan fingerprint density at radius 1 is 0.207 bits per heavy atom. The molecule has 17 aromatic carbocycles. The molecule has 0 amide bonds. The van der Waals surface area contributed by atoms with Crippen molar-refractivity contribution >= 4 is 115 Å². The first-order valence-corrected chi connectivity index (χ1v) is 42.8. The van der Waals surface area contributed by atoms with Gasteiger partial charge < -0.3 is 9.80 Å². The van der Waals surface area contributed by atoms with Gasteiger partial charge >= 0.3 is 0 Å². The highest BCUT2D eigenvalue weighted by Crippen LogP contribution is 2.49. The second-order valence-electron chi connectivity index (χ2n) is 30.7. The molecular formula is C106H81BN2Si2. The molecule has 2 nitrogen and oxygen atoms in total. The third-order valence-electron chi connectivity index (χ3n) is 23.3. The largest absolute Gasteiger partial charge is 0.311 e. The van der Waals surface area contributed by atoms with E-state index in [1.54, 1.807) is 0 Å². The van der Waals surface area contributed by atoms with Crippen LogP contribution in [0.1, 0.15) is 26.3 Å². The average molecular weight is 1450 g/mol. The molecule has 5 heteroatoms. The van der Waals surface area contributed by atoms with E-state index >= 15 is 0 Å². The van der Waals surface area contributed by atoms with Crippen molar-refractivity contribution in [3.8, 4) is 66.8 Å². The lowest BCUT2D eigenvalue weighted by molar-refractivity contribution is 0.590. The summed E-state index contributed by atoms with van der Waals surface area (Å²) in [6.45, 7) is 6.83. The van der Waals surface area contributed by atoms with E-state index in [0.717, 1.165) is 78.6 Å². The predicted molar refractivity (Wildman–Crippen MR) is 479 cm³/mol. The lowest BCUT2D eigenvalue weighted by atomic mass is 9.33. The second-order valence-corrected chi connectivity index (χ2v) is 38.3. The molecule has 111 heavy (non-hydrogen) atoms. The molecule has 0 aromatic heterocycles. The minimum atomic E-state index is -3.54. The summed E-state index contributed by atoms with van der Waals surface area (Å²) in [5.74, 6) is 0. The van der Waals surface area contributed by atoms with Crippen LogP contribution in [0, 0.1) is 0 Å². The Kier molecular flexibility index (Phi) is 17.7. The van der Waals surface area contributed by atoms with Crippen molar-refractivity contribution in [1.29, 1.82) is 0 Å². The monoisotopic (exact) mass is 1450 g/mol. The van der Waals surface area contributed by atoms with Crippen molar-refractivity contribution in [1.82, 2.24) is 0 Å². The van der Waals surface area contributed by atoms with Crippen LogP contribution in [0.25, 0.3) is 66.8 Å². The number of hydrogen-bond acceptors (Lipinski definition) is 2. The SMILES string of the molecule is CC(C)(C)c1ccc2c(c1)N(c1cc(-c3ccccc3)cc(-c3ccccc3)c1)c1cc([Si](c3ccccc3)(c3ccccc3)c3cccc(-c4ccccc4)c3)cc3c1B2c1cc([Si](c2ccccc2)(c2ccccc2)c2cccc(-c4ccccc4)c2)ccc1N3c1ccc(-c2ccccc2)cc1-c1ccccc1. The van der Waals surface area contributed by atoms with Gasteiger partial charge in [0.15, 0.2) is 16.1 Å². The number of rotatable bonds is 16. The zero-order valence-corrected chi connectivity index (χ0v) is 64.5. The Hall–Kier alpha value is -13.2. The van der Waals surface area contributed by atoms with Gasteiger partial charge in [-0.2, -0.15) is 0 Å². The number of nitrogens with zero attached hydrogens (tertiary/aromatic N) is 2. The van der Waals surface area contributed by atoms with Crippen LogP contribution in [0.4, 0.5) is 34.1 Å². The quantitative estimate of drug-likeness (QED) is 0.0703. The van der Waals surface area contributed by atoms with Gasteiger partial charge in [-0.25, -0.2) is 0 Å². The molecule has 526 valence electrons. The van der Waals surface area contributed by atoms with E-state index in [1.165, 1.54) is 85.7 Å². The first-order chi connectivity index (χ1) is 54.7. The molecule has 0 spiro atoms. The summed E-state index contributed by atoms with van der Waals surface area (Å²) in [7, 11) is -6.87. The fraction of sp³-hybridized carbons (Fsp3) is 0.0377. The van der Waals surface area contributed by atoms with Gasteiger partial charge in [-0.05, 0) is 185 Å². The Morgan fingerprint density at radius 3 is 0.991 bits per heavy atom. The highest BCUT2D eigenvalue weighted by molar-refractivity contribution is 7.21. The molecule has 0 atom stereocenters. The van der Waals surface area contributed by atoms with Crippen LogP contribution in [0.5, 0.6) is 0 Å². The zero-order valence-electron chi connectivity index (χ0n) is 62.5. The summed E-state index contributed by atoms with van der Waals surface area (Å²) in [6.07, 6.45) is 0. The second kappa shape index (κ2) is 28.8. The maximum Gasteiger partial charge on any atom is 0.252 e. The highest BCUT2D eigenvalue weighted by atomic mass is 28.3. The van der Waals surface area contributed by atoms with Crippen molar-refractivity contribution in [2.24, 2.45) is 0 Å². The summed E-state index contributed by atoms with van der Waals surface area (Å²) >= 11 is 0. The first-order valence-electron chi connectivity index (χ1n) is 38.8. The topological polar surface area (TPSA) is 6.48 Å². The molecule has 0 radical (unpaired) electrons. The van der Waals surface area contributed by atoms with Gasteiger partial charge in [0, 0.05) is 34.0 Å². The van der Waals surface area contributed by atoms with Crippen molar-refractivity contribution in [2.45, 2.75) is 26.2 Å². The van der Waals surface area contributed by atoms with Gasteiger partial charge in [0.1, 0.15) is 0 Å². The molecule has 0 fully saturated rings. The Labute approximate surface area is 655 Å². The molecule has 19 rings (SSSR count).